The summed E-state index contributed by atoms with van der Waals surface area (Å²) in [6.07, 6.45) is 1.18. The Morgan fingerprint density at radius 2 is 1.57 bits per heavy atom. The molecule has 0 saturated heterocycles. The highest BCUT2D eigenvalue weighted by Gasteiger charge is 2.26. The largest absolute Gasteiger partial charge is 0.229 e. The van der Waals surface area contributed by atoms with Crippen molar-refractivity contribution in [1.82, 2.24) is 4.72 Å². The Hall–Kier alpha value is -0.440. The van der Waals surface area contributed by atoms with Gasteiger partial charge < -0.3 is 0 Å². The van der Waals surface area contributed by atoms with Gasteiger partial charge in [-0.2, -0.15) is 0 Å². The predicted octanol–water partition coefficient (Wildman–Crippen LogP) is 2.04. The lowest BCUT2D eigenvalue weighted by molar-refractivity contribution is 0.471. The van der Waals surface area contributed by atoms with Crippen molar-refractivity contribution in [2.45, 2.75) is 25.8 Å². The van der Waals surface area contributed by atoms with E-state index in [-0.39, 0.29) is 17.9 Å². The molecule has 120 valence electrons. The van der Waals surface area contributed by atoms with Crippen LogP contribution >= 0.6 is 15.9 Å². The summed E-state index contributed by atoms with van der Waals surface area (Å²) in [5.74, 6) is -0.341. The van der Waals surface area contributed by atoms with Crippen LogP contribution < -0.4 is 4.72 Å². The first-order valence-corrected chi connectivity index (χ1v) is 10.9. The van der Waals surface area contributed by atoms with Gasteiger partial charge in [0, 0.05) is 10.7 Å². The number of benzene rings is 1. The minimum absolute atomic E-state index is 0.0879. The van der Waals surface area contributed by atoms with Crippen molar-refractivity contribution in [3.8, 4) is 0 Å². The maximum absolute atomic E-state index is 12.1. The van der Waals surface area contributed by atoms with Crippen molar-refractivity contribution in [3.63, 3.8) is 0 Å². The third-order valence-corrected chi connectivity index (χ3v) is 6.11. The van der Waals surface area contributed by atoms with E-state index in [0.717, 1.165) is 16.3 Å². The third kappa shape index (κ3) is 6.90. The van der Waals surface area contributed by atoms with Gasteiger partial charge in [-0.1, -0.05) is 28.1 Å². The highest BCUT2D eigenvalue weighted by atomic mass is 79.9. The normalized spacial score (nSPS) is 13.3. The summed E-state index contributed by atoms with van der Waals surface area (Å²) < 4.78 is 49.7. The summed E-state index contributed by atoms with van der Waals surface area (Å²) >= 11 is 3.33. The zero-order valence-electron chi connectivity index (χ0n) is 12.3. The molecule has 0 aliphatic rings. The first-order chi connectivity index (χ1) is 9.41. The van der Waals surface area contributed by atoms with E-state index in [1.807, 2.05) is 24.3 Å². The number of nitrogens with one attached hydrogen (secondary N) is 1. The van der Waals surface area contributed by atoms with Gasteiger partial charge in [0.2, 0.25) is 10.0 Å². The zero-order chi connectivity index (χ0) is 16.3. The van der Waals surface area contributed by atoms with Crippen LogP contribution in [0.2, 0.25) is 0 Å². The number of sulfone groups is 1. The highest BCUT2D eigenvalue weighted by Crippen LogP contribution is 2.23. The van der Waals surface area contributed by atoms with Crippen LogP contribution in [0.25, 0.3) is 0 Å². The predicted molar refractivity (Wildman–Crippen MR) is 88.4 cm³/mol. The number of rotatable bonds is 7. The maximum Gasteiger partial charge on any atom is 0.212 e. The average Bonchev–Trinajstić information content (AvgIpc) is 2.25. The molecule has 0 heterocycles. The second-order valence-corrected chi connectivity index (χ2v) is 10.6. The summed E-state index contributed by atoms with van der Waals surface area (Å²) in [4.78, 5) is 0. The van der Waals surface area contributed by atoms with Gasteiger partial charge in [0.1, 0.15) is 9.84 Å². The lowest BCUT2D eigenvalue weighted by Crippen LogP contribution is -2.42. The van der Waals surface area contributed by atoms with Crippen molar-refractivity contribution in [1.29, 1.82) is 0 Å². The first kappa shape index (κ1) is 18.6. The van der Waals surface area contributed by atoms with Crippen LogP contribution in [0.5, 0.6) is 0 Å². The maximum atomic E-state index is 12.1. The Kier molecular flexibility index (Phi) is 5.99. The molecule has 0 atom stereocenters. The van der Waals surface area contributed by atoms with Crippen molar-refractivity contribution in [2.75, 3.05) is 17.8 Å². The molecule has 8 heteroatoms. The van der Waals surface area contributed by atoms with Crippen LogP contribution in [-0.4, -0.2) is 34.6 Å². The number of hydrogen-bond donors (Lipinski definition) is 1. The molecule has 0 aliphatic carbocycles. The molecule has 0 saturated carbocycles. The molecule has 1 N–H and O–H groups in total. The summed E-state index contributed by atoms with van der Waals surface area (Å²) in [6, 6.07) is 7.36. The van der Waals surface area contributed by atoms with Crippen LogP contribution in [0.3, 0.4) is 0 Å². The monoisotopic (exact) mass is 397 g/mol. The fraction of sp³-hybridized carbons (Fsp3) is 0.538. The van der Waals surface area contributed by atoms with E-state index in [9.17, 15) is 16.8 Å². The Balaban J connectivity index is 2.75. The molecular formula is C13H20BrNO4S2. The second kappa shape index (κ2) is 6.76. The Morgan fingerprint density at radius 3 is 2.05 bits per heavy atom. The summed E-state index contributed by atoms with van der Waals surface area (Å²) in [5, 5.41) is 0. The van der Waals surface area contributed by atoms with Crippen molar-refractivity contribution < 1.29 is 16.8 Å². The molecule has 0 radical (unpaired) electrons. The molecule has 1 aromatic rings. The SMILES string of the molecule is CC(C)(NS(=O)(=O)CCCS(C)(=O)=O)c1ccc(Br)cc1. The van der Waals surface area contributed by atoms with E-state index in [1.165, 1.54) is 0 Å². The van der Waals surface area contributed by atoms with Crippen molar-refractivity contribution >= 4 is 35.8 Å². The number of hydrogen-bond acceptors (Lipinski definition) is 4. The lowest BCUT2D eigenvalue weighted by Gasteiger charge is -2.26. The van der Waals surface area contributed by atoms with E-state index >= 15 is 0 Å². The van der Waals surface area contributed by atoms with Crippen LogP contribution in [-0.2, 0) is 25.4 Å². The molecule has 5 nitrogen and oxygen atoms in total. The zero-order valence-corrected chi connectivity index (χ0v) is 15.5. The van der Waals surface area contributed by atoms with E-state index in [0.29, 0.717) is 0 Å². The summed E-state index contributed by atoms with van der Waals surface area (Å²) in [5.41, 5.74) is 0.0716. The summed E-state index contributed by atoms with van der Waals surface area (Å²) in [7, 11) is -6.69. The van der Waals surface area contributed by atoms with Crippen LogP contribution in [0.4, 0.5) is 0 Å². The molecule has 0 aromatic heterocycles. The minimum Gasteiger partial charge on any atom is -0.229 e. The van der Waals surface area contributed by atoms with Gasteiger partial charge in [-0.15, -0.1) is 0 Å². The second-order valence-electron chi connectivity index (χ2n) is 5.54. The minimum atomic E-state index is -3.55. The number of halogens is 1. The first-order valence-electron chi connectivity index (χ1n) is 6.37. The Bertz CT molecular complexity index is 679. The molecule has 0 aliphatic heterocycles. The quantitative estimate of drug-likeness (QED) is 0.762. The lowest BCUT2D eigenvalue weighted by atomic mass is 9.96. The van der Waals surface area contributed by atoms with Gasteiger partial charge in [0.15, 0.2) is 0 Å². The smallest absolute Gasteiger partial charge is 0.212 e. The van der Waals surface area contributed by atoms with Gasteiger partial charge in [0.05, 0.1) is 17.0 Å². The number of sulfonamides is 1. The van der Waals surface area contributed by atoms with Crippen molar-refractivity contribution in [2.24, 2.45) is 0 Å². The Morgan fingerprint density at radius 1 is 1.05 bits per heavy atom. The molecule has 1 rings (SSSR count). The molecule has 0 fully saturated rings. The molecule has 0 amide bonds. The van der Waals surface area contributed by atoms with E-state index in [2.05, 4.69) is 20.7 Å². The molecule has 0 unspecified atom stereocenters. The average molecular weight is 398 g/mol. The van der Waals surface area contributed by atoms with Gasteiger partial charge >= 0.3 is 0 Å². The fourth-order valence-electron chi connectivity index (χ4n) is 1.88. The van der Waals surface area contributed by atoms with Crippen molar-refractivity contribution in [3.05, 3.63) is 34.3 Å². The molecule has 0 spiro atoms. The highest BCUT2D eigenvalue weighted by molar-refractivity contribution is 9.10. The standard InChI is InChI=1S/C13H20BrNO4S2/c1-13(2,11-5-7-12(14)8-6-11)15-21(18,19)10-4-9-20(3,16)17/h5-8,15H,4,9-10H2,1-3H3. The van der Waals surface area contributed by atoms with Gasteiger partial charge in [-0.25, -0.2) is 21.6 Å². The van der Waals surface area contributed by atoms with E-state index in [1.54, 1.807) is 13.8 Å². The van der Waals surface area contributed by atoms with Gasteiger partial charge in [-0.05, 0) is 38.0 Å². The molecular weight excluding hydrogens is 378 g/mol. The van der Waals surface area contributed by atoms with Crippen LogP contribution in [0.1, 0.15) is 25.8 Å². The van der Waals surface area contributed by atoms with Crippen LogP contribution in [0.15, 0.2) is 28.7 Å². The fourth-order valence-corrected chi connectivity index (χ4v) is 4.51. The van der Waals surface area contributed by atoms with E-state index < -0.39 is 25.4 Å². The molecule has 0 bridgehead atoms. The van der Waals surface area contributed by atoms with E-state index in [4.69, 9.17) is 0 Å². The molecule has 1 aromatic carbocycles. The van der Waals surface area contributed by atoms with Crippen LogP contribution in [0, 0.1) is 0 Å². The van der Waals surface area contributed by atoms with Gasteiger partial charge in [-0.3, -0.25) is 0 Å². The van der Waals surface area contributed by atoms with Gasteiger partial charge in [0.25, 0.3) is 0 Å². The summed E-state index contributed by atoms with van der Waals surface area (Å²) in [6.45, 7) is 3.54. The molecule has 21 heavy (non-hydrogen) atoms. The Labute approximate surface area is 135 Å². The topological polar surface area (TPSA) is 80.3 Å². The third-order valence-electron chi connectivity index (χ3n) is 2.90.